The summed E-state index contributed by atoms with van der Waals surface area (Å²) in [5.74, 6) is 0.378. The summed E-state index contributed by atoms with van der Waals surface area (Å²) in [6, 6.07) is 4.20. The third-order valence-corrected chi connectivity index (χ3v) is 5.25. The number of hydrogen-bond donors (Lipinski definition) is 0. The molecule has 1 atom stereocenters. The van der Waals surface area contributed by atoms with Crippen LogP contribution in [-0.2, 0) is 11.2 Å². The van der Waals surface area contributed by atoms with E-state index in [2.05, 4.69) is 25.7 Å². The standard InChI is InChI=1S/C12H15BrN2OS/c13-12-2-1-9(17-12)7-11(16)10-8-14-3-5-15(10)6-4-14/h1-2,10H,3-8H2. The zero-order chi connectivity index (χ0) is 11.8. The van der Waals surface area contributed by atoms with Crippen LogP contribution in [0.4, 0.5) is 0 Å². The summed E-state index contributed by atoms with van der Waals surface area (Å²) in [5, 5.41) is 0. The molecular formula is C12H15BrN2OS. The molecular weight excluding hydrogens is 300 g/mol. The van der Waals surface area contributed by atoms with E-state index in [0.29, 0.717) is 12.2 Å². The van der Waals surface area contributed by atoms with E-state index in [9.17, 15) is 4.79 Å². The molecule has 3 saturated heterocycles. The van der Waals surface area contributed by atoms with Crippen LogP contribution in [0.25, 0.3) is 0 Å². The quantitative estimate of drug-likeness (QED) is 0.847. The van der Waals surface area contributed by atoms with Gasteiger partial charge < -0.3 is 0 Å². The fourth-order valence-electron chi connectivity index (χ4n) is 2.66. The average molecular weight is 315 g/mol. The fraction of sp³-hybridized carbons (Fsp3) is 0.583. The minimum Gasteiger partial charge on any atom is -0.299 e. The SMILES string of the molecule is O=C(Cc1ccc(Br)s1)C1CN2CCN1CC2. The average Bonchev–Trinajstić information content (AvgIpc) is 2.76. The fourth-order valence-corrected chi connectivity index (χ4v) is 4.15. The Hall–Kier alpha value is -0.230. The molecule has 0 radical (unpaired) electrons. The maximum atomic E-state index is 12.3. The van der Waals surface area contributed by atoms with Crippen molar-refractivity contribution in [2.45, 2.75) is 12.5 Å². The number of carbonyl (C=O) groups excluding carboxylic acids is 1. The molecule has 17 heavy (non-hydrogen) atoms. The Balaban J connectivity index is 1.66. The summed E-state index contributed by atoms with van der Waals surface area (Å²) in [5.41, 5.74) is 0. The second-order valence-electron chi connectivity index (χ2n) is 4.70. The third kappa shape index (κ3) is 2.47. The van der Waals surface area contributed by atoms with Gasteiger partial charge in [-0.2, -0.15) is 0 Å². The highest BCUT2D eigenvalue weighted by atomic mass is 79.9. The van der Waals surface area contributed by atoms with Crippen LogP contribution in [0.1, 0.15) is 4.88 Å². The van der Waals surface area contributed by atoms with Gasteiger partial charge in [0.1, 0.15) is 0 Å². The Kier molecular flexibility index (Phi) is 3.34. The maximum absolute atomic E-state index is 12.3. The molecule has 0 aliphatic carbocycles. The van der Waals surface area contributed by atoms with Gasteiger partial charge in [-0.15, -0.1) is 11.3 Å². The van der Waals surface area contributed by atoms with E-state index < -0.39 is 0 Å². The molecule has 2 bridgehead atoms. The third-order valence-electron chi connectivity index (χ3n) is 3.63. The number of rotatable bonds is 3. The monoisotopic (exact) mass is 314 g/mol. The van der Waals surface area contributed by atoms with Crippen LogP contribution < -0.4 is 0 Å². The number of ketones is 1. The lowest BCUT2D eigenvalue weighted by Gasteiger charge is -2.46. The number of halogens is 1. The first-order valence-corrected chi connectivity index (χ1v) is 7.56. The first-order valence-electron chi connectivity index (χ1n) is 5.96. The smallest absolute Gasteiger partial charge is 0.156 e. The normalized spacial score (nSPS) is 31.7. The minimum atomic E-state index is 0.137. The molecule has 4 heterocycles. The Morgan fingerprint density at radius 2 is 2.12 bits per heavy atom. The number of piperazine rings is 3. The highest BCUT2D eigenvalue weighted by Gasteiger charge is 2.35. The first kappa shape index (κ1) is 11.8. The molecule has 92 valence electrons. The Morgan fingerprint density at radius 1 is 1.35 bits per heavy atom. The summed E-state index contributed by atoms with van der Waals surface area (Å²) in [6.45, 7) is 5.32. The predicted octanol–water partition coefficient (Wildman–Crippen LogP) is 1.62. The van der Waals surface area contributed by atoms with Gasteiger partial charge in [0.05, 0.1) is 9.83 Å². The van der Waals surface area contributed by atoms with Gasteiger partial charge in [0.2, 0.25) is 0 Å². The van der Waals surface area contributed by atoms with E-state index in [4.69, 9.17) is 0 Å². The van der Waals surface area contributed by atoms with Crippen LogP contribution in [0.15, 0.2) is 15.9 Å². The highest BCUT2D eigenvalue weighted by molar-refractivity contribution is 9.11. The number of thiophene rings is 1. The van der Waals surface area contributed by atoms with Crippen LogP contribution in [0.2, 0.25) is 0 Å². The van der Waals surface area contributed by atoms with E-state index in [1.165, 1.54) is 4.88 Å². The maximum Gasteiger partial charge on any atom is 0.156 e. The zero-order valence-corrected chi connectivity index (χ0v) is 12.0. The van der Waals surface area contributed by atoms with Crippen molar-refractivity contribution in [1.82, 2.24) is 9.80 Å². The molecule has 1 unspecified atom stereocenters. The number of Topliss-reactive ketones (excluding diaryl/α,β-unsaturated/α-hetero) is 1. The second-order valence-corrected chi connectivity index (χ2v) is 7.25. The van der Waals surface area contributed by atoms with E-state index in [0.717, 1.165) is 36.5 Å². The zero-order valence-electron chi connectivity index (χ0n) is 9.56. The van der Waals surface area contributed by atoms with Crippen molar-refractivity contribution in [3.05, 3.63) is 20.8 Å². The molecule has 4 rings (SSSR count). The van der Waals surface area contributed by atoms with E-state index in [1.54, 1.807) is 11.3 Å². The summed E-state index contributed by atoms with van der Waals surface area (Å²) < 4.78 is 1.11. The van der Waals surface area contributed by atoms with Gasteiger partial charge in [-0.05, 0) is 28.1 Å². The molecule has 0 aromatic carbocycles. The van der Waals surface area contributed by atoms with Crippen LogP contribution in [0, 0.1) is 0 Å². The first-order chi connectivity index (χ1) is 8.22. The molecule has 0 amide bonds. The van der Waals surface area contributed by atoms with Crippen molar-refractivity contribution in [1.29, 1.82) is 0 Å². The Bertz CT molecular complexity index is 426. The summed E-state index contributed by atoms with van der Waals surface area (Å²) in [7, 11) is 0. The number of hydrogen-bond acceptors (Lipinski definition) is 4. The topological polar surface area (TPSA) is 23.6 Å². The van der Waals surface area contributed by atoms with Crippen molar-refractivity contribution >= 4 is 33.0 Å². The molecule has 3 nitrogen and oxygen atoms in total. The van der Waals surface area contributed by atoms with Gasteiger partial charge in [-0.1, -0.05) is 0 Å². The minimum absolute atomic E-state index is 0.137. The number of carbonyl (C=O) groups is 1. The van der Waals surface area contributed by atoms with E-state index >= 15 is 0 Å². The molecule has 1 aromatic rings. The van der Waals surface area contributed by atoms with Crippen LogP contribution in [-0.4, -0.2) is 54.3 Å². The molecule has 0 N–H and O–H groups in total. The highest BCUT2D eigenvalue weighted by Crippen LogP contribution is 2.24. The van der Waals surface area contributed by atoms with Crippen LogP contribution >= 0.6 is 27.3 Å². The molecule has 0 spiro atoms. The van der Waals surface area contributed by atoms with Gasteiger partial charge in [-0.3, -0.25) is 14.6 Å². The molecule has 5 heteroatoms. The molecule has 0 saturated carbocycles. The lowest BCUT2D eigenvalue weighted by atomic mass is 10.0. The Labute approximate surface area is 114 Å². The van der Waals surface area contributed by atoms with Gasteiger partial charge >= 0.3 is 0 Å². The summed E-state index contributed by atoms with van der Waals surface area (Å²) in [4.78, 5) is 18.2. The summed E-state index contributed by atoms with van der Waals surface area (Å²) in [6.07, 6.45) is 0.589. The number of fused-ring (bicyclic) bond motifs is 3. The Morgan fingerprint density at radius 3 is 2.65 bits per heavy atom. The molecule has 3 fully saturated rings. The lowest BCUT2D eigenvalue weighted by molar-refractivity contribution is -0.128. The van der Waals surface area contributed by atoms with Gasteiger partial charge in [0.25, 0.3) is 0 Å². The summed E-state index contributed by atoms with van der Waals surface area (Å²) >= 11 is 5.10. The van der Waals surface area contributed by atoms with Gasteiger partial charge in [0.15, 0.2) is 5.78 Å². The predicted molar refractivity (Wildman–Crippen MR) is 72.5 cm³/mol. The van der Waals surface area contributed by atoms with Gasteiger partial charge in [-0.25, -0.2) is 0 Å². The largest absolute Gasteiger partial charge is 0.299 e. The molecule has 3 aliphatic rings. The van der Waals surface area contributed by atoms with Crippen LogP contribution in [0.5, 0.6) is 0 Å². The van der Waals surface area contributed by atoms with Crippen molar-refractivity contribution in [2.24, 2.45) is 0 Å². The van der Waals surface area contributed by atoms with E-state index in [-0.39, 0.29) is 6.04 Å². The van der Waals surface area contributed by atoms with Crippen molar-refractivity contribution < 1.29 is 4.79 Å². The van der Waals surface area contributed by atoms with Crippen LogP contribution in [0.3, 0.4) is 0 Å². The van der Waals surface area contributed by atoms with Crippen molar-refractivity contribution in [3.63, 3.8) is 0 Å². The van der Waals surface area contributed by atoms with E-state index in [1.807, 2.05) is 12.1 Å². The van der Waals surface area contributed by atoms with Crippen molar-refractivity contribution in [3.8, 4) is 0 Å². The second kappa shape index (κ2) is 4.80. The molecule has 3 aliphatic heterocycles. The molecule has 1 aromatic heterocycles. The number of nitrogens with zero attached hydrogens (tertiary/aromatic N) is 2. The van der Waals surface area contributed by atoms with Crippen molar-refractivity contribution in [2.75, 3.05) is 32.7 Å². The van der Waals surface area contributed by atoms with Gasteiger partial charge in [0, 0.05) is 44.0 Å². The lowest BCUT2D eigenvalue weighted by Crippen LogP contribution is -2.63.